The summed E-state index contributed by atoms with van der Waals surface area (Å²) in [5.74, 6) is 5.29. The third kappa shape index (κ3) is 3.73. The van der Waals surface area contributed by atoms with Gasteiger partial charge in [-0.1, -0.05) is 28.1 Å². The number of amides is 1. The highest BCUT2D eigenvalue weighted by Crippen LogP contribution is 2.10. The SMILES string of the molecule is NNc1cnc(C(=O)NCc2ccc(Br)cc2)cn1. The number of rotatable bonds is 4. The fourth-order valence-corrected chi connectivity index (χ4v) is 1.66. The van der Waals surface area contributed by atoms with Crippen LogP contribution in [0, 0.1) is 0 Å². The van der Waals surface area contributed by atoms with Gasteiger partial charge < -0.3 is 10.7 Å². The molecule has 0 aliphatic carbocycles. The number of hydrogen-bond acceptors (Lipinski definition) is 5. The van der Waals surface area contributed by atoms with Crippen molar-refractivity contribution in [1.82, 2.24) is 15.3 Å². The number of anilines is 1. The summed E-state index contributed by atoms with van der Waals surface area (Å²) < 4.78 is 0.998. The van der Waals surface area contributed by atoms with E-state index in [4.69, 9.17) is 5.84 Å². The first-order valence-electron chi connectivity index (χ1n) is 5.50. The Morgan fingerprint density at radius 3 is 2.53 bits per heavy atom. The van der Waals surface area contributed by atoms with Gasteiger partial charge in [-0.3, -0.25) is 4.79 Å². The second-order valence-electron chi connectivity index (χ2n) is 3.74. The van der Waals surface area contributed by atoms with Crippen LogP contribution in [0.1, 0.15) is 16.1 Å². The number of nitrogens with two attached hydrogens (primary N) is 1. The number of benzene rings is 1. The van der Waals surface area contributed by atoms with E-state index in [2.05, 4.69) is 36.6 Å². The summed E-state index contributed by atoms with van der Waals surface area (Å²) in [6, 6.07) is 7.70. The number of carbonyl (C=O) groups excluding carboxylic acids is 1. The number of halogens is 1. The van der Waals surface area contributed by atoms with Gasteiger partial charge in [-0.15, -0.1) is 0 Å². The van der Waals surface area contributed by atoms with Crippen LogP contribution >= 0.6 is 15.9 Å². The molecular weight excluding hydrogens is 310 g/mol. The first kappa shape index (κ1) is 13.4. The monoisotopic (exact) mass is 321 g/mol. The lowest BCUT2D eigenvalue weighted by Crippen LogP contribution is -2.24. The molecule has 4 N–H and O–H groups in total. The molecule has 0 radical (unpaired) electrons. The Morgan fingerprint density at radius 1 is 1.21 bits per heavy atom. The summed E-state index contributed by atoms with van der Waals surface area (Å²) in [5, 5.41) is 2.76. The van der Waals surface area contributed by atoms with Crippen molar-refractivity contribution in [3.05, 3.63) is 52.4 Å². The number of hydrogen-bond donors (Lipinski definition) is 3. The van der Waals surface area contributed by atoms with Crippen LogP contribution in [0.15, 0.2) is 41.1 Å². The molecule has 1 aromatic carbocycles. The van der Waals surface area contributed by atoms with Crippen LogP contribution in [-0.4, -0.2) is 15.9 Å². The van der Waals surface area contributed by atoms with Crippen LogP contribution in [0.4, 0.5) is 5.82 Å². The molecule has 1 aromatic heterocycles. The number of nitrogens with one attached hydrogen (secondary N) is 2. The maximum Gasteiger partial charge on any atom is 0.271 e. The molecule has 7 heteroatoms. The molecule has 98 valence electrons. The molecular formula is C12H12BrN5O. The van der Waals surface area contributed by atoms with Gasteiger partial charge in [-0.05, 0) is 17.7 Å². The van der Waals surface area contributed by atoms with Crippen molar-refractivity contribution in [2.45, 2.75) is 6.54 Å². The van der Waals surface area contributed by atoms with Crippen molar-refractivity contribution in [1.29, 1.82) is 0 Å². The molecule has 0 unspecified atom stereocenters. The zero-order valence-corrected chi connectivity index (χ0v) is 11.5. The minimum Gasteiger partial charge on any atom is -0.347 e. The van der Waals surface area contributed by atoms with Gasteiger partial charge in [0.2, 0.25) is 0 Å². The van der Waals surface area contributed by atoms with Crippen LogP contribution in [0.25, 0.3) is 0 Å². The summed E-state index contributed by atoms with van der Waals surface area (Å²) in [6.07, 6.45) is 2.76. The zero-order valence-electron chi connectivity index (χ0n) is 9.93. The second-order valence-corrected chi connectivity index (χ2v) is 4.66. The Balaban J connectivity index is 1.95. The van der Waals surface area contributed by atoms with Crippen molar-refractivity contribution in [3.63, 3.8) is 0 Å². The highest BCUT2D eigenvalue weighted by molar-refractivity contribution is 9.10. The fraction of sp³-hybridized carbons (Fsp3) is 0.0833. The first-order chi connectivity index (χ1) is 9.19. The van der Waals surface area contributed by atoms with E-state index in [0.29, 0.717) is 12.4 Å². The maximum absolute atomic E-state index is 11.8. The van der Waals surface area contributed by atoms with Crippen molar-refractivity contribution in [2.75, 3.05) is 5.43 Å². The number of aromatic nitrogens is 2. The van der Waals surface area contributed by atoms with E-state index in [1.165, 1.54) is 12.4 Å². The Hall–Kier alpha value is -1.99. The summed E-state index contributed by atoms with van der Waals surface area (Å²) in [6.45, 7) is 0.435. The van der Waals surface area contributed by atoms with E-state index < -0.39 is 0 Å². The average molecular weight is 322 g/mol. The summed E-state index contributed by atoms with van der Waals surface area (Å²) >= 11 is 3.35. The molecule has 0 atom stereocenters. The summed E-state index contributed by atoms with van der Waals surface area (Å²) in [7, 11) is 0. The topological polar surface area (TPSA) is 92.9 Å². The Bertz CT molecular complexity index is 555. The first-order valence-corrected chi connectivity index (χ1v) is 6.29. The molecule has 0 fully saturated rings. The highest BCUT2D eigenvalue weighted by Gasteiger charge is 2.07. The zero-order chi connectivity index (χ0) is 13.7. The predicted octanol–water partition coefficient (Wildman–Crippen LogP) is 1.45. The number of carbonyl (C=O) groups is 1. The summed E-state index contributed by atoms with van der Waals surface area (Å²) in [5.41, 5.74) is 3.60. The predicted molar refractivity (Wildman–Crippen MR) is 75.2 cm³/mol. The Morgan fingerprint density at radius 2 is 1.95 bits per heavy atom. The molecule has 0 aliphatic heterocycles. The molecule has 6 nitrogen and oxygen atoms in total. The van der Waals surface area contributed by atoms with Crippen molar-refractivity contribution >= 4 is 27.7 Å². The largest absolute Gasteiger partial charge is 0.347 e. The lowest BCUT2D eigenvalue weighted by atomic mass is 10.2. The van der Waals surface area contributed by atoms with Crippen LogP contribution in [-0.2, 0) is 6.54 Å². The van der Waals surface area contributed by atoms with Gasteiger partial charge >= 0.3 is 0 Å². The van der Waals surface area contributed by atoms with E-state index in [1.54, 1.807) is 0 Å². The summed E-state index contributed by atoms with van der Waals surface area (Å²) in [4.78, 5) is 19.7. The molecule has 19 heavy (non-hydrogen) atoms. The van der Waals surface area contributed by atoms with Gasteiger partial charge in [0.1, 0.15) is 5.69 Å². The van der Waals surface area contributed by atoms with Crippen LogP contribution < -0.4 is 16.6 Å². The molecule has 1 heterocycles. The van der Waals surface area contributed by atoms with Gasteiger partial charge in [0.15, 0.2) is 5.82 Å². The second kappa shape index (κ2) is 6.26. The molecule has 0 saturated heterocycles. The number of nitrogens with zero attached hydrogens (tertiary/aromatic N) is 2. The number of nitrogen functional groups attached to an aromatic ring is 1. The van der Waals surface area contributed by atoms with E-state index in [1.807, 2.05) is 24.3 Å². The maximum atomic E-state index is 11.8. The van der Waals surface area contributed by atoms with Gasteiger partial charge in [-0.25, -0.2) is 15.8 Å². The molecule has 0 bridgehead atoms. The van der Waals surface area contributed by atoms with Crippen LogP contribution in [0.5, 0.6) is 0 Å². The normalized spacial score (nSPS) is 10.0. The highest BCUT2D eigenvalue weighted by atomic mass is 79.9. The molecule has 1 amide bonds. The molecule has 2 rings (SSSR count). The van der Waals surface area contributed by atoms with Gasteiger partial charge in [0.25, 0.3) is 5.91 Å². The smallest absolute Gasteiger partial charge is 0.271 e. The third-order valence-electron chi connectivity index (χ3n) is 2.40. The van der Waals surface area contributed by atoms with Gasteiger partial charge in [0.05, 0.1) is 12.4 Å². The van der Waals surface area contributed by atoms with E-state index in [-0.39, 0.29) is 11.6 Å². The molecule has 0 aliphatic rings. The standard InChI is InChI=1S/C12H12BrN5O/c13-9-3-1-8(2-4-9)5-17-12(19)10-6-16-11(18-14)7-15-10/h1-4,6-7H,5,14H2,(H,16,18)(H,17,19). The van der Waals surface area contributed by atoms with E-state index in [9.17, 15) is 4.79 Å². The lowest BCUT2D eigenvalue weighted by Gasteiger charge is -2.05. The van der Waals surface area contributed by atoms with E-state index in [0.717, 1.165) is 10.0 Å². The lowest BCUT2D eigenvalue weighted by molar-refractivity contribution is 0.0945. The minimum absolute atomic E-state index is 0.246. The van der Waals surface area contributed by atoms with E-state index >= 15 is 0 Å². The third-order valence-corrected chi connectivity index (χ3v) is 2.93. The van der Waals surface area contributed by atoms with Crippen molar-refractivity contribution in [3.8, 4) is 0 Å². The Labute approximate surface area is 118 Å². The average Bonchev–Trinajstić information content (AvgIpc) is 2.46. The van der Waals surface area contributed by atoms with Gasteiger partial charge in [0, 0.05) is 11.0 Å². The van der Waals surface area contributed by atoms with Crippen molar-refractivity contribution in [2.24, 2.45) is 5.84 Å². The number of hydrazine groups is 1. The minimum atomic E-state index is -0.279. The van der Waals surface area contributed by atoms with Crippen molar-refractivity contribution < 1.29 is 4.79 Å². The fourth-order valence-electron chi connectivity index (χ4n) is 1.39. The Kier molecular flexibility index (Phi) is 4.43. The molecule has 2 aromatic rings. The molecule has 0 spiro atoms. The van der Waals surface area contributed by atoms with Crippen LogP contribution in [0.2, 0.25) is 0 Å². The van der Waals surface area contributed by atoms with Gasteiger partial charge in [-0.2, -0.15) is 0 Å². The van der Waals surface area contributed by atoms with Crippen LogP contribution in [0.3, 0.4) is 0 Å². The molecule has 0 saturated carbocycles. The quantitative estimate of drug-likeness (QED) is 0.585.